The summed E-state index contributed by atoms with van der Waals surface area (Å²) in [5.41, 5.74) is 2.81. The second-order valence-corrected chi connectivity index (χ2v) is 3.41. The molecule has 1 aromatic carbocycles. The van der Waals surface area contributed by atoms with Crippen molar-refractivity contribution in [1.82, 2.24) is 10.2 Å². The Labute approximate surface area is 93.0 Å². The van der Waals surface area contributed by atoms with Gasteiger partial charge in [0.05, 0.1) is 24.4 Å². The van der Waals surface area contributed by atoms with E-state index in [0.29, 0.717) is 5.88 Å². The number of aromatic nitrogens is 2. The molecule has 2 rings (SSSR count). The number of halogens is 1. The molecule has 78 valence electrons. The number of rotatable bonds is 3. The van der Waals surface area contributed by atoms with Crippen LogP contribution in [-0.4, -0.2) is 17.3 Å². The number of ether oxygens (including phenoxy) is 1. The van der Waals surface area contributed by atoms with E-state index in [4.69, 9.17) is 16.3 Å². The van der Waals surface area contributed by atoms with E-state index < -0.39 is 0 Å². The molecular formula is C11H11ClN2O. The van der Waals surface area contributed by atoms with Crippen LogP contribution in [0.3, 0.4) is 0 Å². The molecule has 0 aliphatic carbocycles. The lowest BCUT2D eigenvalue weighted by Gasteiger charge is -2.00. The number of alkyl halides is 1. The lowest BCUT2D eigenvalue weighted by molar-refractivity contribution is 0.415. The smallest absolute Gasteiger partial charge is 0.119 e. The van der Waals surface area contributed by atoms with Gasteiger partial charge in [-0.1, -0.05) is 12.1 Å². The van der Waals surface area contributed by atoms with E-state index in [2.05, 4.69) is 10.2 Å². The van der Waals surface area contributed by atoms with Gasteiger partial charge in [0.15, 0.2) is 0 Å². The molecule has 1 N–H and O–H groups in total. The van der Waals surface area contributed by atoms with Gasteiger partial charge in [0.1, 0.15) is 5.75 Å². The van der Waals surface area contributed by atoms with Crippen LogP contribution < -0.4 is 4.74 Å². The van der Waals surface area contributed by atoms with Crippen molar-refractivity contribution in [2.24, 2.45) is 0 Å². The van der Waals surface area contributed by atoms with Crippen molar-refractivity contribution in [3.63, 3.8) is 0 Å². The topological polar surface area (TPSA) is 37.9 Å². The summed E-state index contributed by atoms with van der Waals surface area (Å²) in [6.07, 6.45) is 0. The van der Waals surface area contributed by atoms with Crippen molar-refractivity contribution in [3.05, 3.63) is 36.0 Å². The molecule has 15 heavy (non-hydrogen) atoms. The van der Waals surface area contributed by atoms with Crippen LogP contribution in [0.2, 0.25) is 0 Å². The molecule has 0 atom stereocenters. The summed E-state index contributed by atoms with van der Waals surface area (Å²) in [6.45, 7) is 0. The maximum atomic E-state index is 5.69. The molecule has 0 radical (unpaired) electrons. The van der Waals surface area contributed by atoms with Crippen LogP contribution in [-0.2, 0) is 5.88 Å². The largest absolute Gasteiger partial charge is 0.497 e. The summed E-state index contributed by atoms with van der Waals surface area (Å²) < 4.78 is 5.15. The van der Waals surface area contributed by atoms with E-state index in [-0.39, 0.29) is 0 Å². The zero-order valence-electron chi connectivity index (χ0n) is 8.33. The number of aromatic amines is 1. The predicted molar refractivity (Wildman–Crippen MR) is 60.1 cm³/mol. The van der Waals surface area contributed by atoms with Gasteiger partial charge in [0, 0.05) is 5.56 Å². The van der Waals surface area contributed by atoms with Crippen LogP contribution in [0.4, 0.5) is 0 Å². The average molecular weight is 223 g/mol. The molecule has 2 aromatic rings. The Kier molecular flexibility index (Phi) is 2.92. The second kappa shape index (κ2) is 4.36. The molecule has 0 amide bonds. The van der Waals surface area contributed by atoms with E-state index in [9.17, 15) is 0 Å². The zero-order valence-corrected chi connectivity index (χ0v) is 9.08. The SMILES string of the molecule is COc1cccc(-c2cc(CCl)[nH]n2)c1. The number of nitrogens with one attached hydrogen (secondary N) is 1. The van der Waals surface area contributed by atoms with Crippen LogP contribution >= 0.6 is 11.6 Å². The van der Waals surface area contributed by atoms with Crippen molar-refractivity contribution < 1.29 is 4.74 Å². The van der Waals surface area contributed by atoms with E-state index in [1.54, 1.807) is 7.11 Å². The summed E-state index contributed by atoms with van der Waals surface area (Å²) in [5.74, 6) is 1.26. The standard InChI is InChI=1S/C11H11ClN2O/c1-15-10-4-2-3-8(5-10)11-6-9(7-12)13-14-11/h2-6H,7H2,1H3,(H,13,14). The first-order valence-electron chi connectivity index (χ1n) is 4.58. The van der Waals surface area contributed by atoms with E-state index in [1.165, 1.54) is 0 Å². The number of hydrogen-bond donors (Lipinski definition) is 1. The molecule has 4 heteroatoms. The summed E-state index contributed by atoms with van der Waals surface area (Å²) >= 11 is 5.69. The van der Waals surface area contributed by atoms with Crippen LogP contribution in [0.25, 0.3) is 11.3 Å². The van der Waals surface area contributed by atoms with Crippen LogP contribution in [0.1, 0.15) is 5.69 Å². The zero-order chi connectivity index (χ0) is 10.7. The minimum absolute atomic E-state index is 0.441. The fraction of sp³-hybridized carbons (Fsp3) is 0.182. The predicted octanol–water partition coefficient (Wildman–Crippen LogP) is 2.82. The minimum Gasteiger partial charge on any atom is -0.497 e. The third kappa shape index (κ3) is 2.13. The number of nitrogens with zero attached hydrogens (tertiary/aromatic N) is 1. The molecule has 0 fully saturated rings. The summed E-state index contributed by atoms with van der Waals surface area (Å²) in [6, 6.07) is 9.69. The first kappa shape index (κ1) is 10.1. The molecule has 0 saturated heterocycles. The van der Waals surface area contributed by atoms with Gasteiger partial charge >= 0.3 is 0 Å². The highest BCUT2D eigenvalue weighted by Crippen LogP contribution is 2.22. The Bertz CT molecular complexity index is 453. The average Bonchev–Trinajstić information content (AvgIpc) is 2.78. The molecule has 3 nitrogen and oxygen atoms in total. The van der Waals surface area contributed by atoms with Crippen molar-refractivity contribution >= 4 is 11.6 Å². The van der Waals surface area contributed by atoms with Crippen LogP contribution in [0.5, 0.6) is 5.75 Å². The van der Waals surface area contributed by atoms with Crippen LogP contribution in [0.15, 0.2) is 30.3 Å². The van der Waals surface area contributed by atoms with Gasteiger partial charge in [-0.3, -0.25) is 5.10 Å². The lowest BCUT2D eigenvalue weighted by Crippen LogP contribution is -1.83. The van der Waals surface area contributed by atoms with Crippen molar-refractivity contribution in [2.75, 3.05) is 7.11 Å². The molecule has 0 bridgehead atoms. The number of benzene rings is 1. The highest BCUT2D eigenvalue weighted by Gasteiger charge is 2.03. The quantitative estimate of drug-likeness (QED) is 0.811. The van der Waals surface area contributed by atoms with E-state index >= 15 is 0 Å². The molecule has 1 aromatic heterocycles. The molecule has 0 spiro atoms. The van der Waals surface area contributed by atoms with Crippen molar-refractivity contribution in [3.8, 4) is 17.0 Å². The van der Waals surface area contributed by atoms with Gasteiger partial charge in [-0.05, 0) is 18.2 Å². The number of H-pyrrole nitrogens is 1. The lowest BCUT2D eigenvalue weighted by atomic mass is 10.1. The highest BCUT2D eigenvalue weighted by atomic mass is 35.5. The molecule has 0 unspecified atom stereocenters. The number of methoxy groups -OCH3 is 1. The fourth-order valence-electron chi connectivity index (χ4n) is 1.36. The van der Waals surface area contributed by atoms with Crippen molar-refractivity contribution in [1.29, 1.82) is 0 Å². The Balaban J connectivity index is 2.35. The van der Waals surface area contributed by atoms with E-state index in [1.807, 2.05) is 30.3 Å². The first-order valence-corrected chi connectivity index (χ1v) is 5.11. The third-order valence-electron chi connectivity index (χ3n) is 2.14. The van der Waals surface area contributed by atoms with Gasteiger partial charge < -0.3 is 4.74 Å². The molecule has 0 aliphatic heterocycles. The maximum absolute atomic E-state index is 5.69. The Hall–Kier alpha value is -1.48. The maximum Gasteiger partial charge on any atom is 0.119 e. The molecule has 0 aliphatic rings. The molecular weight excluding hydrogens is 212 g/mol. The van der Waals surface area contributed by atoms with E-state index in [0.717, 1.165) is 22.7 Å². The number of hydrogen-bond acceptors (Lipinski definition) is 2. The monoisotopic (exact) mass is 222 g/mol. The molecule has 1 heterocycles. The third-order valence-corrected chi connectivity index (χ3v) is 2.43. The first-order chi connectivity index (χ1) is 7.33. The normalized spacial score (nSPS) is 10.3. The fourth-order valence-corrected chi connectivity index (χ4v) is 1.50. The molecule has 0 saturated carbocycles. The Morgan fingerprint density at radius 1 is 1.40 bits per heavy atom. The van der Waals surface area contributed by atoms with Gasteiger partial charge in [-0.25, -0.2) is 0 Å². The van der Waals surface area contributed by atoms with Crippen molar-refractivity contribution in [2.45, 2.75) is 5.88 Å². The Morgan fingerprint density at radius 2 is 2.27 bits per heavy atom. The minimum atomic E-state index is 0.441. The summed E-state index contributed by atoms with van der Waals surface area (Å²) in [7, 11) is 1.65. The highest BCUT2D eigenvalue weighted by molar-refractivity contribution is 6.16. The van der Waals surface area contributed by atoms with Gasteiger partial charge in [0.2, 0.25) is 0 Å². The van der Waals surface area contributed by atoms with Gasteiger partial charge in [0.25, 0.3) is 0 Å². The summed E-state index contributed by atoms with van der Waals surface area (Å²) in [4.78, 5) is 0. The van der Waals surface area contributed by atoms with Crippen LogP contribution in [0, 0.1) is 0 Å². The summed E-state index contributed by atoms with van der Waals surface area (Å²) in [5, 5.41) is 7.04. The Morgan fingerprint density at radius 3 is 2.93 bits per heavy atom. The second-order valence-electron chi connectivity index (χ2n) is 3.14. The van der Waals surface area contributed by atoms with Gasteiger partial charge in [-0.2, -0.15) is 5.10 Å². The van der Waals surface area contributed by atoms with Gasteiger partial charge in [-0.15, -0.1) is 11.6 Å².